The van der Waals surface area contributed by atoms with Gasteiger partial charge in [-0.1, -0.05) is 18.2 Å². The number of rotatable bonds is 3. The van der Waals surface area contributed by atoms with Gasteiger partial charge in [-0.05, 0) is 12.1 Å². The standard InChI is InChI=1S/C15H12N4O2/c1-21-15(20)12-6-3-2-5-11(12)13-9-14(17-10-16-13)19-8-4-7-18-19/h2-10H,1H3. The van der Waals surface area contributed by atoms with Crippen LogP contribution in [0.2, 0.25) is 0 Å². The maximum atomic E-state index is 11.8. The summed E-state index contributed by atoms with van der Waals surface area (Å²) in [6, 6.07) is 10.7. The predicted octanol–water partition coefficient (Wildman–Crippen LogP) is 2.12. The fraction of sp³-hybridized carbons (Fsp3) is 0.0667. The van der Waals surface area contributed by atoms with Gasteiger partial charge in [0, 0.05) is 24.0 Å². The van der Waals surface area contributed by atoms with Crippen LogP contribution in [0, 0.1) is 0 Å². The molecule has 0 amide bonds. The molecule has 6 heteroatoms. The third-order valence-electron chi connectivity index (χ3n) is 3.00. The fourth-order valence-corrected chi connectivity index (χ4v) is 2.02. The van der Waals surface area contributed by atoms with Crippen LogP contribution < -0.4 is 0 Å². The van der Waals surface area contributed by atoms with E-state index < -0.39 is 5.97 Å². The van der Waals surface area contributed by atoms with Gasteiger partial charge in [0.2, 0.25) is 0 Å². The van der Waals surface area contributed by atoms with Crippen molar-refractivity contribution in [3.63, 3.8) is 0 Å². The Kier molecular flexibility index (Phi) is 3.42. The zero-order valence-electron chi connectivity index (χ0n) is 11.3. The van der Waals surface area contributed by atoms with E-state index in [-0.39, 0.29) is 0 Å². The highest BCUT2D eigenvalue weighted by Crippen LogP contribution is 2.23. The van der Waals surface area contributed by atoms with E-state index in [1.165, 1.54) is 13.4 Å². The number of carbonyl (C=O) groups excluding carboxylic acids is 1. The van der Waals surface area contributed by atoms with Gasteiger partial charge in [-0.15, -0.1) is 0 Å². The Morgan fingerprint density at radius 3 is 2.81 bits per heavy atom. The van der Waals surface area contributed by atoms with Crippen molar-refractivity contribution < 1.29 is 9.53 Å². The van der Waals surface area contributed by atoms with Crippen molar-refractivity contribution in [2.24, 2.45) is 0 Å². The van der Waals surface area contributed by atoms with Crippen LogP contribution in [-0.4, -0.2) is 32.8 Å². The summed E-state index contributed by atoms with van der Waals surface area (Å²) >= 11 is 0. The lowest BCUT2D eigenvalue weighted by molar-refractivity contribution is 0.0601. The second-order valence-electron chi connectivity index (χ2n) is 4.25. The summed E-state index contributed by atoms with van der Waals surface area (Å²) in [6.07, 6.45) is 4.91. The molecule has 0 aliphatic carbocycles. The summed E-state index contributed by atoms with van der Waals surface area (Å²) in [5, 5.41) is 4.13. The Balaban J connectivity index is 2.10. The SMILES string of the molecule is COC(=O)c1ccccc1-c1cc(-n2cccn2)ncn1. The van der Waals surface area contributed by atoms with Gasteiger partial charge in [-0.25, -0.2) is 19.4 Å². The number of ether oxygens (including phenoxy) is 1. The van der Waals surface area contributed by atoms with Gasteiger partial charge < -0.3 is 4.74 Å². The minimum atomic E-state index is -0.398. The number of methoxy groups -OCH3 is 1. The van der Waals surface area contributed by atoms with Crippen LogP contribution in [-0.2, 0) is 4.74 Å². The lowest BCUT2D eigenvalue weighted by Crippen LogP contribution is -2.05. The third kappa shape index (κ3) is 2.51. The molecule has 0 unspecified atom stereocenters. The van der Waals surface area contributed by atoms with Gasteiger partial charge in [-0.2, -0.15) is 5.10 Å². The molecule has 0 N–H and O–H groups in total. The molecule has 6 nitrogen and oxygen atoms in total. The first-order chi connectivity index (χ1) is 10.3. The van der Waals surface area contributed by atoms with Crippen LogP contribution in [0.4, 0.5) is 0 Å². The van der Waals surface area contributed by atoms with E-state index in [1.54, 1.807) is 35.3 Å². The molecular formula is C15H12N4O2. The second-order valence-corrected chi connectivity index (χ2v) is 4.25. The first-order valence-electron chi connectivity index (χ1n) is 6.29. The predicted molar refractivity (Wildman–Crippen MR) is 75.9 cm³/mol. The quantitative estimate of drug-likeness (QED) is 0.687. The Hall–Kier alpha value is -3.02. The smallest absolute Gasteiger partial charge is 0.338 e. The number of aromatic nitrogens is 4. The van der Waals surface area contributed by atoms with Crippen molar-refractivity contribution >= 4 is 5.97 Å². The van der Waals surface area contributed by atoms with Crippen molar-refractivity contribution in [3.8, 4) is 17.1 Å². The summed E-state index contributed by atoms with van der Waals surface area (Å²) in [5.41, 5.74) is 1.79. The molecule has 0 spiro atoms. The molecule has 0 saturated carbocycles. The van der Waals surface area contributed by atoms with Crippen LogP contribution in [0.3, 0.4) is 0 Å². The van der Waals surface area contributed by atoms with Crippen molar-refractivity contribution in [1.82, 2.24) is 19.7 Å². The highest BCUT2D eigenvalue weighted by molar-refractivity contribution is 5.96. The summed E-state index contributed by atoms with van der Waals surface area (Å²) < 4.78 is 6.43. The Morgan fingerprint density at radius 2 is 2.05 bits per heavy atom. The number of hydrogen-bond donors (Lipinski definition) is 0. The second kappa shape index (κ2) is 5.54. The van der Waals surface area contributed by atoms with Crippen LogP contribution in [0.15, 0.2) is 55.1 Å². The molecule has 2 aromatic heterocycles. The average Bonchev–Trinajstić information content (AvgIpc) is 3.09. The van der Waals surface area contributed by atoms with Crippen LogP contribution in [0.1, 0.15) is 10.4 Å². The summed E-state index contributed by atoms with van der Waals surface area (Å²) in [7, 11) is 1.36. The topological polar surface area (TPSA) is 69.9 Å². The first-order valence-corrected chi connectivity index (χ1v) is 6.29. The lowest BCUT2D eigenvalue weighted by Gasteiger charge is -2.08. The number of benzene rings is 1. The highest BCUT2D eigenvalue weighted by atomic mass is 16.5. The molecular weight excluding hydrogens is 268 g/mol. The number of nitrogens with zero attached hydrogens (tertiary/aromatic N) is 4. The van der Waals surface area contributed by atoms with Crippen molar-refractivity contribution in [2.45, 2.75) is 0 Å². The maximum Gasteiger partial charge on any atom is 0.338 e. The number of carbonyl (C=O) groups is 1. The zero-order chi connectivity index (χ0) is 14.7. The number of hydrogen-bond acceptors (Lipinski definition) is 5. The first kappa shape index (κ1) is 13.0. The minimum Gasteiger partial charge on any atom is -0.465 e. The van der Waals surface area contributed by atoms with E-state index in [0.717, 1.165) is 0 Å². The molecule has 1 aromatic carbocycles. The third-order valence-corrected chi connectivity index (χ3v) is 3.00. The minimum absolute atomic E-state index is 0.398. The maximum absolute atomic E-state index is 11.8. The van der Waals surface area contributed by atoms with Crippen molar-refractivity contribution in [2.75, 3.05) is 7.11 Å². The monoisotopic (exact) mass is 280 g/mol. The van der Waals surface area contributed by atoms with Gasteiger partial charge in [0.05, 0.1) is 18.4 Å². The number of esters is 1. The Bertz CT molecular complexity index is 769. The van der Waals surface area contributed by atoms with E-state index in [0.29, 0.717) is 22.6 Å². The van der Waals surface area contributed by atoms with Crippen molar-refractivity contribution in [1.29, 1.82) is 0 Å². The van der Waals surface area contributed by atoms with Gasteiger partial charge in [-0.3, -0.25) is 0 Å². The van der Waals surface area contributed by atoms with E-state index in [1.807, 2.05) is 18.2 Å². The van der Waals surface area contributed by atoms with E-state index in [4.69, 9.17) is 4.74 Å². The molecule has 0 saturated heterocycles. The summed E-state index contributed by atoms with van der Waals surface area (Å²) in [6.45, 7) is 0. The van der Waals surface area contributed by atoms with E-state index >= 15 is 0 Å². The van der Waals surface area contributed by atoms with Crippen LogP contribution in [0.5, 0.6) is 0 Å². The van der Waals surface area contributed by atoms with E-state index in [9.17, 15) is 4.79 Å². The van der Waals surface area contributed by atoms with E-state index in [2.05, 4.69) is 15.1 Å². The molecule has 0 aliphatic heterocycles. The highest BCUT2D eigenvalue weighted by Gasteiger charge is 2.14. The molecule has 0 radical (unpaired) electrons. The zero-order valence-corrected chi connectivity index (χ0v) is 11.3. The van der Waals surface area contributed by atoms with Gasteiger partial charge >= 0.3 is 5.97 Å². The molecule has 2 heterocycles. The molecule has 0 bridgehead atoms. The molecule has 104 valence electrons. The molecule has 3 rings (SSSR count). The van der Waals surface area contributed by atoms with Gasteiger partial charge in [0.1, 0.15) is 6.33 Å². The van der Waals surface area contributed by atoms with Gasteiger partial charge in [0.25, 0.3) is 0 Å². The summed E-state index contributed by atoms with van der Waals surface area (Å²) in [5.74, 6) is 0.231. The average molecular weight is 280 g/mol. The molecule has 0 fully saturated rings. The fourth-order valence-electron chi connectivity index (χ4n) is 2.02. The van der Waals surface area contributed by atoms with Crippen molar-refractivity contribution in [3.05, 3.63) is 60.7 Å². The molecule has 21 heavy (non-hydrogen) atoms. The molecule has 0 atom stereocenters. The lowest BCUT2D eigenvalue weighted by atomic mass is 10.0. The van der Waals surface area contributed by atoms with Crippen LogP contribution >= 0.6 is 0 Å². The normalized spacial score (nSPS) is 10.3. The largest absolute Gasteiger partial charge is 0.465 e. The summed E-state index contributed by atoms with van der Waals surface area (Å²) in [4.78, 5) is 20.3. The molecule has 0 aliphatic rings. The Labute approximate surface area is 121 Å². The van der Waals surface area contributed by atoms with Crippen LogP contribution in [0.25, 0.3) is 17.1 Å². The van der Waals surface area contributed by atoms with Gasteiger partial charge in [0.15, 0.2) is 5.82 Å². The Morgan fingerprint density at radius 1 is 1.19 bits per heavy atom. The molecule has 3 aromatic rings.